The fourth-order valence-electron chi connectivity index (χ4n) is 2.35. The second-order valence-electron chi connectivity index (χ2n) is 5.05. The van der Waals surface area contributed by atoms with E-state index in [0.717, 1.165) is 35.7 Å². The van der Waals surface area contributed by atoms with Crippen molar-refractivity contribution in [1.29, 1.82) is 0 Å². The first-order valence-electron chi connectivity index (χ1n) is 6.90. The first-order chi connectivity index (χ1) is 9.60. The molecular formula is C14H21N3O2S. The lowest BCUT2D eigenvalue weighted by atomic mass is 10.1. The van der Waals surface area contributed by atoms with Crippen LogP contribution in [0.1, 0.15) is 34.3 Å². The Balaban J connectivity index is 1.96. The maximum absolute atomic E-state index is 12.4. The highest BCUT2D eigenvalue weighted by Crippen LogP contribution is 2.20. The molecule has 2 N–H and O–H groups in total. The van der Waals surface area contributed by atoms with Gasteiger partial charge < -0.3 is 15.5 Å². The van der Waals surface area contributed by atoms with E-state index in [1.165, 1.54) is 18.3 Å². The summed E-state index contributed by atoms with van der Waals surface area (Å²) >= 11 is 1.46. The summed E-state index contributed by atoms with van der Waals surface area (Å²) in [6.45, 7) is 3.59. The Morgan fingerprint density at radius 3 is 2.95 bits per heavy atom. The molecule has 0 bridgehead atoms. The van der Waals surface area contributed by atoms with Crippen LogP contribution in [0, 0.1) is 0 Å². The van der Waals surface area contributed by atoms with E-state index in [9.17, 15) is 9.59 Å². The number of nitrogens with zero attached hydrogens (tertiary/aromatic N) is 1. The van der Waals surface area contributed by atoms with E-state index in [1.807, 2.05) is 24.1 Å². The summed E-state index contributed by atoms with van der Waals surface area (Å²) in [7, 11) is 1.94. The highest BCUT2D eigenvalue weighted by molar-refractivity contribution is 7.14. The number of thiophene rings is 1. The van der Waals surface area contributed by atoms with Crippen LogP contribution in [0.2, 0.25) is 0 Å². The molecule has 0 aromatic carbocycles. The van der Waals surface area contributed by atoms with Crippen LogP contribution in [-0.4, -0.2) is 42.9 Å². The number of carbonyl (C=O) groups excluding carboxylic acids is 2. The van der Waals surface area contributed by atoms with Gasteiger partial charge in [0.15, 0.2) is 0 Å². The summed E-state index contributed by atoms with van der Waals surface area (Å²) in [5.74, 6) is 0.0446. The van der Waals surface area contributed by atoms with Crippen molar-refractivity contribution in [3.63, 3.8) is 0 Å². The number of piperidine rings is 1. The predicted molar refractivity (Wildman–Crippen MR) is 79.8 cm³/mol. The van der Waals surface area contributed by atoms with Crippen molar-refractivity contribution in [3.05, 3.63) is 21.9 Å². The Kier molecular flexibility index (Phi) is 5.14. The van der Waals surface area contributed by atoms with Gasteiger partial charge in [0.05, 0.1) is 11.4 Å². The zero-order valence-corrected chi connectivity index (χ0v) is 12.8. The van der Waals surface area contributed by atoms with E-state index in [2.05, 4.69) is 10.6 Å². The summed E-state index contributed by atoms with van der Waals surface area (Å²) in [5, 5.41) is 5.99. The number of amides is 2. The molecule has 0 aliphatic carbocycles. The molecule has 0 spiro atoms. The van der Waals surface area contributed by atoms with Crippen LogP contribution in [0.4, 0.5) is 0 Å². The number of likely N-dealkylation sites (tertiary alicyclic amines) is 1. The Morgan fingerprint density at radius 1 is 1.45 bits per heavy atom. The topological polar surface area (TPSA) is 61.4 Å². The van der Waals surface area contributed by atoms with Crippen LogP contribution < -0.4 is 10.6 Å². The van der Waals surface area contributed by atoms with Gasteiger partial charge >= 0.3 is 0 Å². The number of hydrogen-bond donors (Lipinski definition) is 2. The Hall–Kier alpha value is -1.40. The van der Waals surface area contributed by atoms with Gasteiger partial charge in [-0.05, 0) is 32.0 Å². The number of nitrogens with one attached hydrogen (secondary N) is 2. The summed E-state index contributed by atoms with van der Waals surface area (Å²) in [6, 6.07) is 4.16. The molecule has 0 unspecified atom stereocenters. The molecule has 5 nitrogen and oxygen atoms in total. The van der Waals surface area contributed by atoms with E-state index in [4.69, 9.17) is 0 Å². The maximum Gasteiger partial charge on any atom is 0.263 e. The van der Waals surface area contributed by atoms with Crippen molar-refractivity contribution in [2.45, 2.75) is 32.4 Å². The van der Waals surface area contributed by atoms with Crippen LogP contribution >= 0.6 is 11.3 Å². The Bertz CT molecular complexity index is 487. The van der Waals surface area contributed by atoms with Gasteiger partial charge in [0.2, 0.25) is 5.91 Å². The number of hydrogen-bond acceptors (Lipinski definition) is 4. The third-order valence-electron chi connectivity index (χ3n) is 3.50. The molecule has 1 fully saturated rings. The summed E-state index contributed by atoms with van der Waals surface area (Å²) in [4.78, 5) is 27.0. The SMILES string of the molecule is CN[C@@H]1CCCN(C(=O)c2ccc(CNC(C)=O)s2)C1. The largest absolute Gasteiger partial charge is 0.351 e. The van der Waals surface area contributed by atoms with E-state index >= 15 is 0 Å². The lowest BCUT2D eigenvalue weighted by Gasteiger charge is -2.32. The monoisotopic (exact) mass is 295 g/mol. The van der Waals surface area contributed by atoms with Crippen molar-refractivity contribution >= 4 is 23.2 Å². The standard InChI is InChI=1S/C14H21N3O2S/c1-10(18)16-8-12-5-6-13(20-12)14(19)17-7-3-4-11(9-17)15-2/h5-6,11,15H,3-4,7-9H2,1-2H3,(H,16,18)/t11-/m1/s1. The lowest BCUT2D eigenvalue weighted by molar-refractivity contribution is -0.119. The van der Waals surface area contributed by atoms with Gasteiger partial charge in [-0.15, -0.1) is 11.3 Å². The molecule has 110 valence electrons. The predicted octanol–water partition coefficient (Wildman–Crippen LogP) is 1.21. The zero-order chi connectivity index (χ0) is 14.5. The first kappa shape index (κ1) is 15.0. The molecule has 1 atom stereocenters. The molecule has 2 rings (SSSR count). The van der Waals surface area contributed by atoms with Gasteiger partial charge in [0.1, 0.15) is 0 Å². The van der Waals surface area contributed by atoms with Gasteiger partial charge in [-0.1, -0.05) is 0 Å². The van der Waals surface area contributed by atoms with E-state index in [0.29, 0.717) is 12.6 Å². The van der Waals surface area contributed by atoms with Crippen LogP contribution in [0.3, 0.4) is 0 Å². The van der Waals surface area contributed by atoms with Crippen molar-refractivity contribution < 1.29 is 9.59 Å². The highest BCUT2D eigenvalue weighted by atomic mass is 32.1. The number of likely N-dealkylation sites (N-methyl/N-ethyl adjacent to an activating group) is 1. The molecule has 2 heterocycles. The fourth-order valence-corrected chi connectivity index (χ4v) is 3.27. The molecule has 0 radical (unpaired) electrons. The van der Waals surface area contributed by atoms with Gasteiger partial charge in [-0.2, -0.15) is 0 Å². The van der Waals surface area contributed by atoms with Crippen molar-refractivity contribution in [2.75, 3.05) is 20.1 Å². The van der Waals surface area contributed by atoms with Gasteiger partial charge in [0.25, 0.3) is 5.91 Å². The Labute approximate surface area is 123 Å². The van der Waals surface area contributed by atoms with Crippen molar-refractivity contribution in [3.8, 4) is 0 Å². The molecular weight excluding hydrogens is 274 g/mol. The van der Waals surface area contributed by atoms with Crippen LogP contribution in [-0.2, 0) is 11.3 Å². The van der Waals surface area contributed by atoms with E-state index in [1.54, 1.807) is 0 Å². The van der Waals surface area contributed by atoms with E-state index in [-0.39, 0.29) is 11.8 Å². The summed E-state index contributed by atoms with van der Waals surface area (Å²) < 4.78 is 0. The summed E-state index contributed by atoms with van der Waals surface area (Å²) in [5.41, 5.74) is 0. The number of carbonyl (C=O) groups is 2. The third kappa shape index (κ3) is 3.80. The molecule has 2 amide bonds. The molecule has 0 saturated carbocycles. The minimum atomic E-state index is -0.0563. The lowest BCUT2D eigenvalue weighted by Crippen LogP contribution is -2.46. The molecule has 20 heavy (non-hydrogen) atoms. The second kappa shape index (κ2) is 6.85. The van der Waals surface area contributed by atoms with E-state index < -0.39 is 0 Å². The minimum Gasteiger partial charge on any atom is -0.351 e. The summed E-state index contributed by atoms with van der Waals surface area (Å²) in [6.07, 6.45) is 2.17. The number of rotatable bonds is 4. The molecule has 1 aromatic rings. The van der Waals surface area contributed by atoms with Gasteiger partial charge in [-0.25, -0.2) is 0 Å². The maximum atomic E-state index is 12.4. The van der Waals surface area contributed by atoms with Crippen LogP contribution in [0.15, 0.2) is 12.1 Å². The highest BCUT2D eigenvalue weighted by Gasteiger charge is 2.24. The van der Waals surface area contributed by atoms with Gasteiger partial charge in [-0.3, -0.25) is 9.59 Å². The molecule has 6 heteroatoms. The second-order valence-corrected chi connectivity index (χ2v) is 6.22. The molecule has 1 aromatic heterocycles. The van der Waals surface area contributed by atoms with Crippen molar-refractivity contribution in [1.82, 2.24) is 15.5 Å². The average Bonchev–Trinajstić information content (AvgIpc) is 2.93. The Morgan fingerprint density at radius 2 is 2.25 bits per heavy atom. The zero-order valence-electron chi connectivity index (χ0n) is 11.9. The first-order valence-corrected chi connectivity index (χ1v) is 7.71. The van der Waals surface area contributed by atoms with Crippen LogP contribution in [0.25, 0.3) is 0 Å². The fraction of sp³-hybridized carbons (Fsp3) is 0.571. The molecule has 1 aliphatic rings. The van der Waals surface area contributed by atoms with Crippen molar-refractivity contribution in [2.24, 2.45) is 0 Å². The smallest absolute Gasteiger partial charge is 0.263 e. The molecule has 1 saturated heterocycles. The minimum absolute atomic E-state index is 0.0563. The van der Waals surface area contributed by atoms with Gasteiger partial charge in [0, 0.05) is 30.9 Å². The van der Waals surface area contributed by atoms with Crippen LogP contribution in [0.5, 0.6) is 0 Å². The quantitative estimate of drug-likeness (QED) is 0.877. The normalized spacial score (nSPS) is 18.9. The third-order valence-corrected chi connectivity index (χ3v) is 4.57. The molecule has 1 aliphatic heterocycles. The average molecular weight is 295 g/mol.